The van der Waals surface area contributed by atoms with E-state index in [1.165, 1.54) is 6.07 Å². The topological polar surface area (TPSA) is 64.4 Å². The van der Waals surface area contributed by atoms with Crippen molar-refractivity contribution in [1.29, 1.82) is 0 Å². The van der Waals surface area contributed by atoms with Gasteiger partial charge in [0.2, 0.25) is 5.76 Å². The van der Waals surface area contributed by atoms with E-state index in [-0.39, 0.29) is 23.9 Å². The molecular formula is C18H13F3N2O3. The van der Waals surface area contributed by atoms with Crippen LogP contribution in [0.15, 0.2) is 65.2 Å². The van der Waals surface area contributed by atoms with Crippen LogP contribution < -0.4 is 10.1 Å². The lowest BCUT2D eigenvalue weighted by Gasteiger charge is -2.07. The highest BCUT2D eigenvalue weighted by molar-refractivity contribution is 6.02. The molecule has 0 atom stereocenters. The number of hydrogen-bond acceptors (Lipinski definition) is 4. The van der Waals surface area contributed by atoms with Gasteiger partial charge in [0.25, 0.3) is 11.8 Å². The van der Waals surface area contributed by atoms with Crippen molar-refractivity contribution in [2.24, 2.45) is 0 Å². The summed E-state index contributed by atoms with van der Waals surface area (Å²) in [6.07, 6.45) is -4.43. The van der Waals surface area contributed by atoms with E-state index in [0.29, 0.717) is 0 Å². The van der Waals surface area contributed by atoms with Gasteiger partial charge in [-0.1, -0.05) is 30.3 Å². The van der Waals surface area contributed by atoms with E-state index in [1.807, 2.05) is 30.3 Å². The standard InChI is InChI=1S/C18H13F3N2O3/c19-18(20,21)13-6-8-14(9-7-13)22-17(24)15-10-16(23-26-15)25-11-12-4-2-1-3-5-12/h1-10H,11H2,(H,22,24). The summed E-state index contributed by atoms with van der Waals surface area (Å²) in [5, 5.41) is 6.06. The van der Waals surface area contributed by atoms with Crippen molar-refractivity contribution >= 4 is 11.6 Å². The average molecular weight is 362 g/mol. The quantitative estimate of drug-likeness (QED) is 0.725. The molecule has 5 nitrogen and oxygen atoms in total. The van der Waals surface area contributed by atoms with Crippen LogP contribution in [0.25, 0.3) is 0 Å². The van der Waals surface area contributed by atoms with Crippen LogP contribution in [0.3, 0.4) is 0 Å². The van der Waals surface area contributed by atoms with E-state index in [1.54, 1.807) is 0 Å². The van der Waals surface area contributed by atoms with Crippen LogP contribution in [-0.2, 0) is 12.8 Å². The van der Waals surface area contributed by atoms with Gasteiger partial charge >= 0.3 is 6.18 Å². The number of ether oxygens (including phenoxy) is 1. The second-order valence-electron chi connectivity index (χ2n) is 5.33. The number of amides is 1. The van der Waals surface area contributed by atoms with Gasteiger partial charge in [0, 0.05) is 5.69 Å². The highest BCUT2D eigenvalue weighted by Crippen LogP contribution is 2.29. The third kappa shape index (κ3) is 4.41. The second kappa shape index (κ2) is 7.30. The Kier molecular flexibility index (Phi) is 4.92. The van der Waals surface area contributed by atoms with E-state index in [9.17, 15) is 18.0 Å². The summed E-state index contributed by atoms with van der Waals surface area (Å²) in [7, 11) is 0. The molecule has 26 heavy (non-hydrogen) atoms. The van der Waals surface area contributed by atoms with E-state index < -0.39 is 17.6 Å². The summed E-state index contributed by atoms with van der Waals surface area (Å²) >= 11 is 0. The fourth-order valence-corrected chi connectivity index (χ4v) is 2.10. The molecule has 1 heterocycles. The van der Waals surface area contributed by atoms with Crippen LogP contribution in [-0.4, -0.2) is 11.1 Å². The smallest absolute Gasteiger partial charge is 0.416 e. The lowest BCUT2D eigenvalue weighted by Crippen LogP contribution is -2.11. The van der Waals surface area contributed by atoms with Crippen LogP contribution in [0.4, 0.5) is 18.9 Å². The molecule has 3 rings (SSSR count). The third-order valence-electron chi connectivity index (χ3n) is 3.41. The van der Waals surface area contributed by atoms with Crippen LogP contribution in [0.5, 0.6) is 5.88 Å². The molecule has 2 aromatic carbocycles. The summed E-state index contributed by atoms with van der Waals surface area (Å²) in [6.45, 7) is 0.257. The number of benzene rings is 2. The number of nitrogens with one attached hydrogen (secondary N) is 1. The maximum absolute atomic E-state index is 12.5. The number of carbonyl (C=O) groups is 1. The molecule has 0 unspecified atom stereocenters. The molecule has 1 aromatic heterocycles. The normalized spacial score (nSPS) is 11.2. The molecule has 0 aliphatic carbocycles. The maximum Gasteiger partial charge on any atom is 0.416 e. The Morgan fingerprint density at radius 3 is 2.42 bits per heavy atom. The van der Waals surface area contributed by atoms with Gasteiger partial charge in [0.1, 0.15) is 6.61 Å². The van der Waals surface area contributed by atoms with Gasteiger partial charge in [0.15, 0.2) is 0 Å². The first-order chi connectivity index (χ1) is 12.4. The largest absolute Gasteiger partial charge is 0.471 e. The molecule has 0 saturated carbocycles. The number of carbonyl (C=O) groups excluding carboxylic acids is 1. The van der Waals surface area contributed by atoms with Crippen molar-refractivity contribution in [1.82, 2.24) is 5.16 Å². The summed E-state index contributed by atoms with van der Waals surface area (Å²) in [5.74, 6) is -0.633. The van der Waals surface area contributed by atoms with E-state index in [2.05, 4.69) is 10.5 Å². The Balaban J connectivity index is 1.59. The van der Waals surface area contributed by atoms with E-state index >= 15 is 0 Å². The first-order valence-electron chi connectivity index (χ1n) is 7.54. The third-order valence-corrected chi connectivity index (χ3v) is 3.41. The number of anilines is 1. The summed E-state index contributed by atoms with van der Waals surface area (Å²) in [6, 6.07) is 14.7. The fourth-order valence-electron chi connectivity index (χ4n) is 2.10. The minimum Gasteiger partial charge on any atom is -0.471 e. The van der Waals surface area contributed by atoms with Crippen molar-refractivity contribution in [2.45, 2.75) is 12.8 Å². The Morgan fingerprint density at radius 1 is 1.08 bits per heavy atom. The van der Waals surface area contributed by atoms with Gasteiger partial charge in [-0.15, -0.1) is 0 Å². The Bertz CT molecular complexity index is 875. The first-order valence-corrected chi connectivity index (χ1v) is 7.54. The lowest BCUT2D eigenvalue weighted by molar-refractivity contribution is -0.137. The zero-order chi connectivity index (χ0) is 18.6. The molecule has 3 aromatic rings. The number of nitrogens with zero attached hydrogens (tertiary/aromatic N) is 1. The SMILES string of the molecule is O=C(Nc1ccc(C(F)(F)F)cc1)c1cc(OCc2ccccc2)no1. The number of aromatic nitrogens is 1. The van der Waals surface area contributed by atoms with Gasteiger partial charge in [-0.3, -0.25) is 4.79 Å². The number of hydrogen-bond donors (Lipinski definition) is 1. The van der Waals surface area contributed by atoms with E-state index in [0.717, 1.165) is 29.8 Å². The van der Waals surface area contributed by atoms with Crippen molar-refractivity contribution in [3.63, 3.8) is 0 Å². The van der Waals surface area contributed by atoms with Crippen LogP contribution >= 0.6 is 0 Å². The number of rotatable bonds is 5. The van der Waals surface area contributed by atoms with Crippen LogP contribution in [0.2, 0.25) is 0 Å². The van der Waals surface area contributed by atoms with Crippen LogP contribution in [0.1, 0.15) is 21.7 Å². The van der Waals surface area contributed by atoms with E-state index in [4.69, 9.17) is 9.26 Å². The molecule has 1 N–H and O–H groups in total. The Labute approximate surface area is 146 Å². The molecule has 0 spiro atoms. The molecular weight excluding hydrogens is 349 g/mol. The molecule has 0 bridgehead atoms. The minimum absolute atomic E-state index is 0.118. The minimum atomic E-state index is -4.43. The van der Waals surface area contributed by atoms with Crippen molar-refractivity contribution in [2.75, 3.05) is 5.32 Å². The lowest BCUT2D eigenvalue weighted by atomic mass is 10.2. The predicted molar refractivity (Wildman–Crippen MR) is 86.7 cm³/mol. The highest BCUT2D eigenvalue weighted by atomic mass is 19.4. The summed E-state index contributed by atoms with van der Waals surface area (Å²) < 4.78 is 47.9. The van der Waals surface area contributed by atoms with Gasteiger partial charge in [0.05, 0.1) is 11.6 Å². The molecule has 0 radical (unpaired) electrons. The van der Waals surface area contributed by atoms with Gasteiger partial charge in [-0.2, -0.15) is 13.2 Å². The zero-order valence-electron chi connectivity index (χ0n) is 13.3. The molecule has 134 valence electrons. The van der Waals surface area contributed by atoms with Gasteiger partial charge < -0.3 is 14.6 Å². The predicted octanol–water partition coefficient (Wildman–Crippen LogP) is 4.52. The molecule has 1 amide bonds. The molecule has 0 fully saturated rings. The first kappa shape index (κ1) is 17.5. The number of halogens is 3. The molecule has 0 aliphatic rings. The van der Waals surface area contributed by atoms with Gasteiger partial charge in [-0.25, -0.2) is 0 Å². The Morgan fingerprint density at radius 2 is 1.77 bits per heavy atom. The van der Waals surface area contributed by atoms with Gasteiger partial charge in [-0.05, 0) is 35.0 Å². The van der Waals surface area contributed by atoms with Crippen molar-refractivity contribution in [3.05, 3.63) is 77.6 Å². The Hall–Kier alpha value is -3.29. The average Bonchev–Trinajstić information content (AvgIpc) is 3.10. The summed E-state index contributed by atoms with van der Waals surface area (Å²) in [4.78, 5) is 12.1. The van der Waals surface area contributed by atoms with Crippen LogP contribution in [0, 0.1) is 0 Å². The molecule has 0 aliphatic heterocycles. The maximum atomic E-state index is 12.5. The number of alkyl halides is 3. The van der Waals surface area contributed by atoms with Crippen molar-refractivity contribution in [3.8, 4) is 5.88 Å². The monoisotopic (exact) mass is 362 g/mol. The molecule has 8 heteroatoms. The zero-order valence-corrected chi connectivity index (χ0v) is 13.3. The molecule has 0 saturated heterocycles. The summed E-state index contributed by atoms with van der Waals surface area (Å²) in [5.41, 5.74) is 0.323. The fraction of sp³-hybridized carbons (Fsp3) is 0.111. The highest BCUT2D eigenvalue weighted by Gasteiger charge is 2.30. The van der Waals surface area contributed by atoms with Crippen molar-refractivity contribution < 1.29 is 27.2 Å². The second-order valence-corrected chi connectivity index (χ2v) is 5.33.